The Labute approximate surface area is 82.7 Å². The van der Waals surface area contributed by atoms with Crippen LogP contribution in [0.3, 0.4) is 0 Å². The molecule has 2 heterocycles. The highest BCUT2D eigenvalue weighted by Gasteiger charge is 2.26. The summed E-state index contributed by atoms with van der Waals surface area (Å²) < 4.78 is 5.20. The highest BCUT2D eigenvalue weighted by atomic mass is 16.3. The van der Waals surface area contributed by atoms with Crippen molar-refractivity contribution in [3.05, 3.63) is 24.2 Å². The summed E-state index contributed by atoms with van der Waals surface area (Å²) in [4.78, 5) is 11.5. The number of rotatable bonds is 3. The molecule has 0 radical (unpaired) electrons. The van der Waals surface area contributed by atoms with Gasteiger partial charge in [0, 0.05) is 13.1 Å². The Morgan fingerprint density at radius 1 is 1.71 bits per heavy atom. The van der Waals surface area contributed by atoms with Gasteiger partial charge in [0.15, 0.2) is 0 Å². The van der Waals surface area contributed by atoms with E-state index in [4.69, 9.17) is 4.42 Å². The summed E-state index contributed by atoms with van der Waals surface area (Å²) in [5, 5.41) is 5.98. The first-order chi connectivity index (χ1) is 6.77. The van der Waals surface area contributed by atoms with Crippen molar-refractivity contribution in [3.8, 4) is 0 Å². The lowest BCUT2D eigenvalue weighted by Gasteiger charge is -2.27. The minimum absolute atomic E-state index is 0.0434. The van der Waals surface area contributed by atoms with Gasteiger partial charge in [-0.1, -0.05) is 0 Å². The fourth-order valence-electron chi connectivity index (χ4n) is 1.41. The number of hydrogen-bond acceptors (Lipinski definition) is 3. The van der Waals surface area contributed by atoms with Gasteiger partial charge in [-0.05, 0) is 19.1 Å². The van der Waals surface area contributed by atoms with Gasteiger partial charge in [-0.3, -0.25) is 4.79 Å². The number of hydrogen-bond donors (Lipinski definition) is 2. The van der Waals surface area contributed by atoms with E-state index in [1.807, 2.05) is 19.1 Å². The van der Waals surface area contributed by atoms with E-state index in [1.165, 1.54) is 0 Å². The van der Waals surface area contributed by atoms with Crippen molar-refractivity contribution < 1.29 is 9.21 Å². The van der Waals surface area contributed by atoms with Crippen molar-refractivity contribution in [2.45, 2.75) is 13.0 Å². The maximum absolute atomic E-state index is 11.5. The molecular weight excluding hydrogens is 180 g/mol. The molecule has 1 amide bonds. The third-order valence-electron chi connectivity index (χ3n) is 2.48. The molecule has 1 saturated heterocycles. The first-order valence-corrected chi connectivity index (χ1v) is 4.82. The van der Waals surface area contributed by atoms with Crippen LogP contribution < -0.4 is 10.6 Å². The van der Waals surface area contributed by atoms with Gasteiger partial charge in [-0.15, -0.1) is 0 Å². The predicted octanol–water partition coefficient (Wildman–Crippen LogP) is 0.676. The molecule has 1 aliphatic rings. The summed E-state index contributed by atoms with van der Waals surface area (Å²) in [6.07, 6.45) is 1.61. The van der Waals surface area contributed by atoms with Crippen LogP contribution in [0.1, 0.15) is 18.7 Å². The number of nitrogens with one attached hydrogen (secondary N) is 2. The van der Waals surface area contributed by atoms with Gasteiger partial charge in [0.2, 0.25) is 5.91 Å². The minimum atomic E-state index is -0.0434. The smallest absolute Gasteiger partial charge is 0.226 e. The van der Waals surface area contributed by atoms with E-state index in [0.29, 0.717) is 0 Å². The molecule has 1 unspecified atom stereocenters. The van der Waals surface area contributed by atoms with E-state index < -0.39 is 0 Å². The molecule has 4 nitrogen and oxygen atoms in total. The third kappa shape index (κ3) is 1.80. The second-order valence-corrected chi connectivity index (χ2v) is 3.60. The van der Waals surface area contributed by atoms with Gasteiger partial charge in [0.05, 0.1) is 18.2 Å². The maximum Gasteiger partial charge on any atom is 0.226 e. The fourth-order valence-corrected chi connectivity index (χ4v) is 1.41. The van der Waals surface area contributed by atoms with Crippen molar-refractivity contribution in [1.29, 1.82) is 0 Å². The van der Waals surface area contributed by atoms with Gasteiger partial charge in [-0.2, -0.15) is 0 Å². The first-order valence-electron chi connectivity index (χ1n) is 4.82. The zero-order chi connectivity index (χ0) is 9.97. The van der Waals surface area contributed by atoms with E-state index in [0.717, 1.165) is 18.8 Å². The minimum Gasteiger partial charge on any atom is -0.467 e. The lowest BCUT2D eigenvalue weighted by molar-refractivity contribution is -0.127. The van der Waals surface area contributed by atoms with Gasteiger partial charge >= 0.3 is 0 Å². The summed E-state index contributed by atoms with van der Waals surface area (Å²) in [7, 11) is 0. The molecule has 4 heteroatoms. The van der Waals surface area contributed by atoms with Crippen LogP contribution in [0.4, 0.5) is 0 Å². The summed E-state index contributed by atoms with van der Waals surface area (Å²) in [5.74, 6) is 1.03. The predicted molar refractivity (Wildman–Crippen MR) is 51.6 cm³/mol. The molecule has 0 saturated carbocycles. The fraction of sp³-hybridized carbons (Fsp3) is 0.500. The van der Waals surface area contributed by atoms with E-state index in [1.54, 1.807) is 6.26 Å². The summed E-state index contributed by atoms with van der Waals surface area (Å²) in [6.45, 7) is 3.50. The molecule has 76 valence electrons. The Bertz CT molecular complexity index is 304. The summed E-state index contributed by atoms with van der Waals surface area (Å²) in [5.41, 5.74) is 0. The molecule has 0 spiro atoms. The number of amides is 1. The average molecular weight is 194 g/mol. The van der Waals surface area contributed by atoms with Gasteiger partial charge < -0.3 is 15.1 Å². The zero-order valence-corrected chi connectivity index (χ0v) is 8.12. The summed E-state index contributed by atoms with van der Waals surface area (Å²) >= 11 is 0. The lowest BCUT2D eigenvalue weighted by Crippen LogP contribution is -2.51. The lowest BCUT2D eigenvalue weighted by atomic mass is 10.0. The first kappa shape index (κ1) is 9.27. The van der Waals surface area contributed by atoms with Crippen LogP contribution in [-0.2, 0) is 4.79 Å². The Hall–Kier alpha value is -1.29. The molecule has 1 aliphatic heterocycles. The normalized spacial score (nSPS) is 18.6. The maximum atomic E-state index is 11.5. The largest absolute Gasteiger partial charge is 0.467 e. The molecule has 0 aliphatic carbocycles. The quantitative estimate of drug-likeness (QED) is 0.743. The van der Waals surface area contributed by atoms with E-state index in [-0.39, 0.29) is 17.9 Å². The molecule has 14 heavy (non-hydrogen) atoms. The van der Waals surface area contributed by atoms with Crippen LogP contribution in [0.5, 0.6) is 0 Å². The molecule has 2 rings (SSSR count). The van der Waals surface area contributed by atoms with Crippen molar-refractivity contribution in [2.75, 3.05) is 13.1 Å². The Balaban J connectivity index is 1.87. The van der Waals surface area contributed by atoms with Crippen LogP contribution in [0.15, 0.2) is 22.8 Å². The van der Waals surface area contributed by atoms with Crippen LogP contribution in [-0.4, -0.2) is 19.0 Å². The second kappa shape index (κ2) is 3.84. The molecule has 2 N–H and O–H groups in total. The third-order valence-corrected chi connectivity index (χ3v) is 2.48. The Morgan fingerprint density at radius 2 is 2.50 bits per heavy atom. The van der Waals surface area contributed by atoms with E-state index in [9.17, 15) is 4.79 Å². The standard InChI is InChI=1S/C10H14N2O2/c1-7(9-3-2-4-14-9)12-10(13)8-5-11-6-8/h2-4,7-8,11H,5-6H2,1H3,(H,12,13). The second-order valence-electron chi connectivity index (χ2n) is 3.60. The Kier molecular flexibility index (Phi) is 2.54. The van der Waals surface area contributed by atoms with Gasteiger partial charge in [0.25, 0.3) is 0 Å². The Morgan fingerprint density at radius 3 is 3.00 bits per heavy atom. The molecule has 1 aromatic rings. The SMILES string of the molecule is CC(NC(=O)C1CNC1)c1ccco1. The van der Waals surface area contributed by atoms with Crippen LogP contribution >= 0.6 is 0 Å². The van der Waals surface area contributed by atoms with Gasteiger partial charge in [0.1, 0.15) is 5.76 Å². The zero-order valence-electron chi connectivity index (χ0n) is 8.12. The number of carbonyl (C=O) groups excluding carboxylic acids is 1. The van der Waals surface area contributed by atoms with Crippen molar-refractivity contribution >= 4 is 5.91 Å². The topological polar surface area (TPSA) is 54.3 Å². The highest BCUT2D eigenvalue weighted by molar-refractivity contribution is 5.80. The van der Waals surface area contributed by atoms with Crippen LogP contribution in [0.25, 0.3) is 0 Å². The van der Waals surface area contributed by atoms with Gasteiger partial charge in [-0.25, -0.2) is 0 Å². The van der Waals surface area contributed by atoms with Crippen molar-refractivity contribution in [1.82, 2.24) is 10.6 Å². The van der Waals surface area contributed by atoms with Crippen LogP contribution in [0.2, 0.25) is 0 Å². The number of furan rings is 1. The molecule has 1 aromatic heterocycles. The molecule has 0 aromatic carbocycles. The molecular formula is C10H14N2O2. The summed E-state index contributed by atoms with van der Waals surface area (Å²) in [6, 6.07) is 3.64. The highest BCUT2D eigenvalue weighted by Crippen LogP contribution is 2.13. The van der Waals surface area contributed by atoms with E-state index in [2.05, 4.69) is 10.6 Å². The average Bonchev–Trinajstić information content (AvgIpc) is 2.51. The van der Waals surface area contributed by atoms with Crippen LogP contribution in [0, 0.1) is 5.92 Å². The number of carbonyl (C=O) groups is 1. The molecule has 0 bridgehead atoms. The van der Waals surface area contributed by atoms with E-state index >= 15 is 0 Å². The molecule has 1 fully saturated rings. The molecule has 1 atom stereocenters. The monoisotopic (exact) mass is 194 g/mol. The van der Waals surface area contributed by atoms with Crippen molar-refractivity contribution in [2.24, 2.45) is 5.92 Å². The van der Waals surface area contributed by atoms with Crippen molar-refractivity contribution in [3.63, 3.8) is 0 Å².